The molecule has 11 nitrogen and oxygen atoms in total. The van der Waals surface area contributed by atoms with E-state index in [0.717, 1.165) is 62.0 Å². The molecule has 0 aromatic heterocycles. The summed E-state index contributed by atoms with van der Waals surface area (Å²) in [5.41, 5.74) is 3.28. The van der Waals surface area contributed by atoms with Crippen LogP contribution >= 0.6 is 0 Å². The largest absolute Gasteiger partial charge is 0.489 e. The van der Waals surface area contributed by atoms with Crippen molar-refractivity contribution < 1.29 is 38.4 Å². The number of nitrogens with one attached hydrogen (secondary N) is 1. The first-order valence-electron chi connectivity index (χ1n) is 18.7. The van der Waals surface area contributed by atoms with Crippen molar-refractivity contribution in [1.29, 1.82) is 0 Å². The number of carboxylic acids is 1. The third-order valence-corrected chi connectivity index (χ3v) is 11.1. The van der Waals surface area contributed by atoms with Crippen molar-refractivity contribution in [2.45, 2.75) is 63.6 Å². The number of hydrogen-bond acceptors (Lipinski definition) is 8. The lowest BCUT2D eigenvalue weighted by atomic mass is 9.82. The number of likely N-dealkylation sites (tertiary alicyclic amines) is 1. The number of alkyl carbamates (subject to hydrolysis) is 1. The van der Waals surface area contributed by atoms with Crippen molar-refractivity contribution in [1.82, 2.24) is 15.1 Å². The Bertz CT molecular complexity index is 1660. The van der Waals surface area contributed by atoms with Crippen LogP contribution in [0.3, 0.4) is 0 Å². The zero-order valence-electron chi connectivity index (χ0n) is 29.6. The van der Waals surface area contributed by atoms with E-state index in [1.807, 2.05) is 66.7 Å². The molecule has 3 aromatic rings. The van der Waals surface area contributed by atoms with Gasteiger partial charge in [0.15, 0.2) is 6.29 Å². The average molecular weight is 712 g/mol. The predicted molar refractivity (Wildman–Crippen MR) is 193 cm³/mol. The number of hydrogen-bond donors (Lipinski definition) is 2. The first-order chi connectivity index (χ1) is 25.4. The van der Waals surface area contributed by atoms with Crippen LogP contribution in [0, 0.1) is 17.8 Å². The fraction of sp³-hybridized carbons (Fsp3) is 0.488. The van der Waals surface area contributed by atoms with Crippen molar-refractivity contribution in [3.05, 3.63) is 101 Å². The molecule has 0 radical (unpaired) electrons. The Hall–Kier alpha value is -4.45. The number of amides is 2. The minimum Gasteiger partial charge on any atom is -0.489 e. The number of piperidine rings is 4. The molecule has 52 heavy (non-hydrogen) atoms. The quantitative estimate of drug-likeness (QED) is 0.224. The van der Waals surface area contributed by atoms with Crippen molar-refractivity contribution in [2.24, 2.45) is 17.8 Å². The number of aliphatic carboxylic acids is 1. The van der Waals surface area contributed by atoms with Gasteiger partial charge in [0.05, 0.1) is 25.2 Å². The molecule has 2 unspecified atom stereocenters. The number of carbonyl (C=O) groups excluding carboxylic acids is 2. The Kier molecular flexibility index (Phi) is 11.7. The van der Waals surface area contributed by atoms with Crippen LogP contribution in [0.25, 0.3) is 0 Å². The summed E-state index contributed by atoms with van der Waals surface area (Å²) in [6.07, 6.45) is 4.08. The molecule has 0 aliphatic carbocycles. The molecule has 2 amide bonds. The van der Waals surface area contributed by atoms with Crippen LogP contribution in [0.2, 0.25) is 0 Å². The standard InChI is InChI=1S/C41H49N3O8/c45-39(44-21-18-35(40(46)47)33(25-44)9-5-11-37-49-22-23-50-37)31-14-12-28(13-15-31)27-51-34-10-4-8-32(24-34)38(30-6-2-1-3-7-30)42-41(48)52-36-26-43-19-16-29(36)17-20-43/h1-4,6-8,10,12-15,24,29,33,35-38H,5,9,11,16-23,25-27H2,(H,42,48)(H,46,47)/t33?,35?,36-,38-/m0/s1. The predicted octanol–water partition coefficient (Wildman–Crippen LogP) is 5.88. The highest BCUT2D eigenvalue weighted by atomic mass is 16.7. The molecule has 2 bridgehead atoms. The van der Waals surface area contributed by atoms with E-state index in [4.69, 9.17) is 18.9 Å². The fourth-order valence-corrected chi connectivity index (χ4v) is 8.17. The molecule has 5 fully saturated rings. The van der Waals surface area contributed by atoms with E-state index in [1.54, 1.807) is 17.0 Å². The van der Waals surface area contributed by atoms with E-state index >= 15 is 0 Å². The van der Waals surface area contributed by atoms with Crippen LogP contribution in [0.5, 0.6) is 5.75 Å². The first kappa shape index (κ1) is 35.9. The molecular weight excluding hydrogens is 662 g/mol. The molecule has 5 saturated heterocycles. The number of fused-ring (bicyclic) bond motifs is 3. The van der Waals surface area contributed by atoms with Crippen molar-refractivity contribution >= 4 is 18.0 Å². The first-order valence-corrected chi connectivity index (χ1v) is 18.7. The van der Waals surface area contributed by atoms with Crippen molar-refractivity contribution in [2.75, 3.05) is 45.9 Å². The van der Waals surface area contributed by atoms with E-state index in [-0.39, 0.29) is 24.2 Å². The molecule has 5 aliphatic rings. The number of nitrogens with zero attached hydrogens (tertiary/aromatic N) is 2. The maximum Gasteiger partial charge on any atom is 0.408 e. The molecule has 5 heterocycles. The van der Waals surface area contributed by atoms with Crippen LogP contribution in [-0.2, 0) is 25.6 Å². The summed E-state index contributed by atoms with van der Waals surface area (Å²) in [6.45, 7) is 5.28. The Morgan fingerprint density at radius 2 is 1.60 bits per heavy atom. The Morgan fingerprint density at radius 3 is 2.31 bits per heavy atom. The second-order valence-corrected chi connectivity index (χ2v) is 14.5. The van der Waals surface area contributed by atoms with Gasteiger partial charge in [-0.05, 0) is 104 Å². The van der Waals surface area contributed by atoms with Crippen molar-refractivity contribution in [3.8, 4) is 5.75 Å². The third kappa shape index (κ3) is 8.94. The van der Waals surface area contributed by atoms with Crippen LogP contribution < -0.4 is 10.1 Å². The van der Waals surface area contributed by atoms with Gasteiger partial charge in [0, 0.05) is 25.2 Å². The lowest BCUT2D eigenvalue weighted by Gasteiger charge is -2.43. The van der Waals surface area contributed by atoms with Crippen molar-refractivity contribution in [3.63, 3.8) is 0 Å². The summed E-state index contributed by atoms with van der Waals surface area (Å²) < 4.78 is 23.2. The molecule has 0 saturated carbocycles. The van der Waals surface area contributed by atoms with Crippen LogP contribution in [0.1, 0.15) is 71.6 Å². The van der Waals surface area contributed by atoms with Gasteiger partial charge in [-0.25, -0.2) is 4.79 Å². The topological polar surface area (TPSA) is 127 Å². The zero-order valence-corrected chi connectivity index (χ0v) is 29.6. The zero-order chi connectivity index (χ0) is 35.9. The maximum atomic E-state index is 13.5. The summed E-state index contributed by atoms with van der Waals surface area (Å²) in [5.74, 6) is -0.392. The third-order valence-electron chi connectivity index (χ3n) is 11.1. The van der Waals surface area contributed by atoms with Gasteiger partial charge in [0.1, 0.15) is 18.5 Å². The Morgan fingerprint density at radius 1 is 0.846 bits per heavy atom. The minimum absolute atomic E-state index is 0.0841. The molecule has 276 valence electrons. The second kappa shape index (κ2) is 16.9. The highest BCUT2D eigenvalue weighted by molar-refractivity contribution is 5.94. The molecule has 5 aliphatic heterocycles. The smallest absolute Gasteiger partial charge is 0.408 e. The lowest BCUT2D eigenvalue weighted by Crippen LogP contribution is -2.52. The molecule has 11 heteroatoms. The van der Waals surface area contributed by atoms with Gasteiger partial charge < -0.3 is 34.3 Å². The lowest BCUT2D eigenvalue weighted by molar-refractivity contribution is -0.145. The highest BCUT2D eigenvalue weighted by Crippen LogP contribution is 2.32. The normalized spacial score (nSPS) is 25.0. The van der Waals surface area contributed by atoms with Gasteiger partial charge in [0.2, 0.25) is 0 Å². The van der Waals surface area contributed by atoms with Gasteiger partial charge in [0.25, 0.3) is 5.91 Å². The van der Waals surface area contributed by atoms with E-state index in [1.165, 1.54) is 0 Å². The minimum atomic E-state index is -0.797. The summed E-state index contributed by atoms with van der Waals surface area (Å²) >= 11 is 0. The number of ether oxygens (including phenoxy) is 4. The van der Waals surface area contributed by atoms with Crippen LogP contribution in [0.15, 0.2) is 78.9 Å². The number of benzene rings is 3. The van der Waals surface area contributed by atoms with Gasteiger partial charge in [-0.3, -0.25) is 14.5 Å². The SMILES string of the molecule is O=C(N[C@@H](c1ccccc1)c1cccc(OCc2ccc(C(=O)N3CCC(C(=O)O)C(CCCC4OCCO4)C3)cc2)c1)O[C@H]1CN2CCC1CC2. The molecule has 2 N–H and O–H groups in total. The average Bonchev–Trinajstić information content (AvgIpc) is 3.70. The van der Waals surface area contributed by atoms with E-state index in [0.29, 0.717) is 63.0 Å². The van der Waals surface area contributed by atoms with Gasteiger partial charge in [-0.2, -0.15) is 0 Å². The molecule has 4 atom stereocenters. The second-order valence-electron chi connectivity index (χ2n) is 14.5. The molecule has 3 aromatic carbocycles. The molecule has 8 rings (SSSR count). The number of carboxylic acid groups (broad SMARTS) is 1. The summed E-state index contributed by atoms with van der Waals surface area (Å²) in [5, 5.41) is 13.0. The Labute approximate surface area is 305 Å². The summed E-state index contributed by atoms with van der Waals surface area (Å²) in [7, 11) is 0. The van der Waals surface area contributed by atoms with Gasteiger partial charge in [-0.15, -0.1) is 0 Å². The van der Waals surface area contributed by atoms with E-state index in [9.17, 15) is 19.5 Å². The molecule has 0 spiro atoms. The van der Waals surface area contributed by atoms with Gasteiger partial charge >= 0.3 is 12.1 Å². The summed E-state index contributed by atoms with van der Waals surface area (Å²) in [6, 6.07) is 24.5. The number of rotatable bonds is 13. The van der Waals surface area contributed by atoms with Crippen LogP contribution in [0.4, 0.5) is 4.79 Å². The monoisotopic (exact) mass is 711 g/mol. The Balaban J connectivity index is 0.948. The van der Waals surface area contributed by atoms with E-state index in [2.05, 4.69) is 10.2 Å². The fourth-order valence-electron chi connectivity index (χ4n) is 8.17. The summed E-state index contributed by atoms with van der Waals surface area (Å²) in [4.78, 5) is 42.9. The molecular formula is C41H49N3O8. The maximum absolute atomic E-state index is 13.5. The van der Waals surface area contributed by atoms with Crippen LogP contribution in [-0.4, -0.2) is 91.2 Å². The van der Waals surface area contributed by atoms with Gasteiger partial charge in [-0.1, -0.05) is 54.6 Å². The highest BCUT2D eigenvalue weighted by Gasteiger charge is 2.38. The van der Waals surface area contributed by atoms with E-state index < -0.39 is 24.0 Å². The number of carbonyl (C=O) groups is 3.